The van der Waals surface area contributed by atoms with Gasteiger partial charge in [0.15, 0.2) is 0 Å². The Bertz CT molecular complexity index is 653. The Labute approximate surface area is 124 Å². The second kappa shape index (κ2) is 5.30. The molecule has 1 fully saturated rings. The molecule has 1 unspecified atom stereocenters. The highest BCUT2D eigenvalue weighted by Gasteiger charge is 2.34. The number of carbonyl (C=O) groups excluding carboxylic acids is 1. The molecule has 1 N–H and O–H groups in total. The fourth-order valence-corrected chi connectivity index (χ4v) is 2.65. The minimum Gasteiger partial charge on any atom is -0.388 e. The van der Waals surface area contributed by atoms with E-state index >= 15 is 0 Å². The lowest BCUT2D eigenvalue weighted by Crippen LogP contribution is -2.33. The zero-order valence-corrected chi connectivity index (χ0v) is 12.0. The summed E-state index contributed by atoms with van der Waals surface area (Å²) < 4.78 is 0. The quantitative estimate of drug-likeness (QED) is 0.920. The van der Waals surface area contributed by atoms with Gasteiger partial charge in [-0.2, -0.15) is 0 Å². The predicted molar refractivity (Wildman–Crippen MR) is 80.8 cm³/mol. The number of β-amino-alcohol motifs (C(OH)–C–C–N with tert-alkyl or cyclic N) is 1. The van der Waals surface area contributed by atoms with E-state index in [0.29, 0.717) is 25.1 Å². The summed E-state index contributed by atoms with van der Waals surface area (Å²) in [5.41, 5.74) is 1.75. The van der Waals surface area contributed by atoms with Crippen LogP contribution in [0.4, 0.5) is 0 Å². The molecule has 1 amide bonds. The van der Waals surface area contributed by atoms with Gasteiger partial charge in [-0.15, -0.1) is 0 Å². The molecule has 4 nitrogen and oxygen atoms in total. The summed E-state index contributed by atoms with van der Waals surface area (Å²) in [6.45, 7) is 2.72. The molecule has 0 bridgehead atoms. The summed E-state index contributed by atoms with van der Waals surface area (Å²) in [7, 11) is 0. The average Bonchev–Trinajstić information content (AvgIpc) is 2.88. The van der Waals surface area contributed by atoms with Gasteiger partial charge in [-0.3, -0.25) is 9.78 Å². The fourth-order valence-electron chi connectivity index (χ4n) is 2.65. The number of aromatic nitrogens is 1. The molecule has 2 aromatic rings. The van der Waals surface area contributed by atoms with E-state index in [-0.39, 0.29) is 5.91 Å². The minimum absolute atomic E-state index is 0.0712. The third kappa shape index (κ3) is 2.95. The van der Waals surface area contributed by atoms with Gasteiger partial charge in [-0.1, -0.05) is 30.3 Å². The third-order valence-corrected chi connectivity index (χ3v) is 3.83. The van der Waals surface area contributed by atoms with E-state index in [1.165, 1.54) is 0 Å². The van der Waals surface area contributed by atoms with Gasteiger partial charge in [-0.05, 0) is 25.0 Å². The number of benzene rings is 1. The number of rotatable bonds is 2. The molecule has 0 spiro atoms. The van der Waals surface area contributed by atoms with E-state index in [0.717, 1.165) is 11.1 Å². The first-order valence-electron chi connectivity index (χ1n) is 7.07. The molecule has 3 rings (SSSR count). The highest BCUT2D eigenvalue weighted by molar-refractivity contribution is 5.95. The largest absolute Gasteiger partial charge is 0.388 e. The maximum atomic E-state index is 12.5. The Balaban J connectivity index is 1.85. The molecule has 0 saturated carbocycles. The van der Waals surface area contributed by atoms with Crippen molar-refractivity contribution >= 4 is 5.91 Å². The average molecular weight is 282 g/mol. The van der Waals surface area contributed by atoms with Crippen molar-refractivity contribution in [2.45, 2.75) is 18.9 Å². The van der Waals surface area contributed by atoms with E-state index in [9.17, 15) is 9.90 Å². The first-order valence-corrected chi connectivity index (χ1v) is 7.07. The second-order valence-electron chi connectivity index (χ2n) is 5.80. The molecule has 1 aromatic heterocycles. The monoisotopic (exact) mass is 282 g/mol. The lowest BCUT2D eigenvalue weighted by atomic mass is 10.1. The molecule has 0 aliphatic carbocycles. The number of hydrogen-bond donors (Lipinski definition) is 1. The van der Waals surface area contributed by atoms with Gasteiger partial charge in [0.1, 0.15) is 0 Å². The number of likely N-dealkylation sites (tertiary alicyclic amines) is 1. The van der Waals surface area contributed by atoms with Gasteiger partial charge in [-0.25, -0.2) is 0 Å². The van der Waals surface area contributed by atoms with Gasteiger partial charge in [0, 0.05) is 31.0 Å². The van der Waals surface area contributed by atoms with Crippen molar-refractivity contribution in [3.8, 4) is 11.1 Å². The normalized spacial score (nSPS) is 21.5. The van der Waals surface area contributed by atoms with Crippen LogP contribution in [0.15, 0.2) is 48.8 Å². The van der Waals surface area contributed by atoms with Crippen LogP contribution in [0.25, 0.3) is 11.1 Å². The highest BCUT2D eigenvalue weighted by atomic mass is 16.3. The lowest BCUT2D eigenvalue weighted by Gasteiger charge is -2.19. The van der Waals surface area contributed by atoms with Crippen LogP contribution in [0.2, 0.25) is 0 Å². The summed E-state index contributed by atoms with van der Waals surface area (Å²) in [5, 5.41) is 9.98. The van der Waals surface area contributed by atoms with Crippen LogP contribution >= 0.6 is 0 Å². The number of carbonyl (C=O) groups is 1. The summed E-state index contributed by atoms with van der Waals surface area (Å²) in [6, 6.07) is 11.7. The van der Waals surface area contributed by atoms with Crippen LogP contribution in [0.1, 0.15) is 23.7 Å². The summed E-state index contributed by atoms with van der Waals surface area (Å²) in [5.74, 6) is -0.0712. The Morgan fingerprint density at radius 2 is 2.00 bits per heavy atom. The van der Waals surface area contributed by atoms with E-state index in [1.807, 2.05) is 36.4 Å². The van der Waals surface area contributed by atoms with Crippen LogP contribution in [0.5, 0.6) is 0 Å². The van der Waals surface area contributed by atoms with Crippen molar-refractivity contribution in [1.82, 2.24) is 9.88 Å². The summed E-state index contributed by atoms with van der Waals surface area (Å²) >= 11 is 0. The standard InChI is InChI=1S/C17H18N2O2/c1-17(21)7-8-19(12-17)16(20)15-9-14(10-18-11-15)13-5-3-2-4-6-13/h2-6,9-11,21H,7-8,12H2,1H3. The van der Waals surface area contributed by atoms with Gasteiger partial charge >= 0.3 is 0 Å². The molecule has 4 heteroatoms. The number of hydrogen-bond acceptors (Lipinski definition) is 3. The van der Waals surface area contributed by atoms with Gasteiger partial charge in [0.2, 0.25) is 0 Å². The fraction of sp³-hybridized carbons (Fsp3) is 0.294. The molecule has 108 valence electrons. The SMILES string of the molecule is CC1(O)CCN(C(=O)c2cncc(-c3ccccc3)c2)C1. The molecular weight excluding hydrogens is 264 g/mol. The highest BCUT2D eigenvalue weighted by Crippen LogP contribution is 2.24. The molecule has 1 aliphatic heterocycles. The first-order chi connectivity index (χ1) is 10.1. The lowest BCUT2D eigenvalue weighted by molar-refractivity contribution is 0.0572. The van der Waals surface area contributed by atoms with Gasteiger partial charge < -0.3 is 10.0 Å². The molecule has 1 saturated heterocycles. The van der Waals surface area contributed by atoms with Crippen molar-refractivity contribution in [3.05, 3.63) is 54.4 Å². The second-order valence-corrected chi connectivity index (χ2v) is 5.80. The first kappa shape index (κ1) is 13.8. The van der Waals surface area contributed by atoms with Crippen molar-refractivity contribution in [3.63, 3.8) is 0 Å². The summed E-state index contributed by atoms with van der Waals surface area (Å²) in [6.07, 6.45) is 3.96. The maximum Gasteiger partial charge on any atom is 0.255 e. The number of amides is 1. The number of nitrogens with zero attached hydrogens (tertiary/aromatic N) is 2. The molecule has 2 heterocycles. The molecular formula is C17H18N2O2. The predicted octanol–water partition coefficient (Wildman–Crippen LogP) is 2.35. The van der Waals surface area contributed by atoms with Crippen LogP contribution in [-0.2, 0) is 0 Å². The molecule has 1 aromatic carbocycles. The van der Waals surface area contributed by atoms with E-state index < -0.39 is 5.60 Å². The summed E-state index contributed by atoms with van der Waals surface area (Å²) in [4.78, 5) is 18.4. The topological polar surface area (TPSA) is 53.4 Å². The van der Waals surface area contributed by atoms with E-state index in [1.54, 1.807) is 24.2 Å². The number of pyridine rings is 1. The minimum atomic E-state index is -0.778. The van der Waals surface area contributed by atoms with Crippen LogP contribution in [-0.4, -0.2) is 39.6 Å². The molecule has 21 heavy (non-hydrogen) atoms. The van der Waals surface area contributed by atoms with Gasteiger partial charge in [0.25, 0.3) is 5.91 Å². The van der Waals surface area contributed by atoms with Crippen molar-refractivity contribution in [1.29, 1.82) is 0 Å². The molecule has 1 atom stereocenters. The third-order valence-electron chi connectivity index (χ3n) is 3.83. The Morgan fingerprint density at radius 1 is 1.24 bits per heavy atom. The zero-order valence-electron chi connectivity index (χ0n) is 12.0. The van der Waals surface area contributed by atoms with Crippen molar-refractivity contribution in [2.75, 3.05) is 13.1 Å². The van der Waals surface area contributed by atoms with Gasteiger partial charge in [0.05, 0.1) is 11.2 Å². The van der Waals surface area contributed by atoms with Crippen LogP contribution in [0, 0.1) is 0 Å². The van der Waals surface area contributed by atoms with E-state index in [4.69, 9.17) is 0 Å². The Kier molecular flexibility index (Phi) is 3.47. The zero-order chi connectivity index (χ0) is 14.9. The molecule has 1 aliphatic rings. The maximum absolute atomic E-state index is 12.5. The van der Waals surface area contributed by atoms with Crippen molar-refractivity contribution in [2.24, 2.45) is 0 Å². The van der Waals surface area contributed by atoms with E-state index in [2.05, 4.69) is 4.98 Å². The van der Waals surface area contributed by atoms with Crippen LogP contribution < -0.4 is 0 Å². The Morgan fingerprint density at radius 3 is 2.67 bits per heavy atom. The Hall–Kier alpha value is -2.20. The van der Waals surface area contributed by atoms with Crippen molar-refractivity contribution < 1.29 is 9.90 Å². The van der Waals surface area contributed by atoms with Crippen LogP contribution in [0.3, 0.4) is 0 Å². The number of aliphatic hydroxyl groups is 1. The molecule has 0 radical (unpaired) electrons. The smallest absolute Gasteiger partial charge is 0.255 e.